The van der Waals surface area contributed by atoms with Gasteiger partial charge in [-0.2, -0.15) is 0 Å². The second kappa shape index (κ2) is 5.22. The molecule has 2 N–H and O–H groups in total. The van der Waals surface area contributed by atoms with Crippen LogP contribution < -0.4 is 10.6 Å². The van der Waals surface area contributed by atoms with Crippen LogP contribution >= 0.6 is 0 Å². The number of rotatable bonds is 3. The lowest BCUT2D eigenvalue weighted by Gasteiger charge is -2.47. The van der Waals surface area contributed by atoms with Crippen LogP contribution in [0.15, 0.2) is 24.5 Å². The van der Waals surface area contributed by atoms with Gasteiger partial charge < -0.3 is 10.6 Å². The SMILES string of the molecule is CC(NC1CC(C)(C)NC(C)(C)C1)c1ccncc1. The quantitative estimate of drug-likeness (QED) is 0.878. The van der Waals surface area contributed by atoms with E-state index in [4.69, 9.17) is 0 Å². The summed E-state index contributed by atoms with van der Waals surface area (Å²) >= 11 is 0. The van der Waals surface area contributed by atoms with E-state index in [1.165, 1.54) is 5.56 Å². The molecule has 1 atom stereocenters. The Hall–Kier alpha value is -0.930. The lowest BCUT2D eigenvalue weighted by atomic mass is 9.79. The molecule has 0 radical (unpaired) electrons. The first-order valence-corrected chi connectivity index (χ1v) is 7.23. The lowest BCUT2D eigenvalue weighted by molar-refractivity contribution is 0.141. The van der Waals surface area contributed by atoms with Gasteiger partial charge in [-0.3, -0.25) is 4.98 Å². The van der Waals surface area contributed by atoms with Crippen molar-refractivity contribution in [1.29, 1.82) is 0 Å². The van der Waals surface area contributed by atoms with E-state index in [0.717, 1.165) is 12.8 Å². The molecule has 0 saturated carbocycles. The highest BCUT2D eigenvalue weighted by molar-refractivity contribution is 5.14. The summed E-state index contributed by atoms with van der Waals surface area (Å²) in [5.41, 5.74) is 1.69. The van der Waals surface area contributed by atoms with Crippen molar-refractivity contribution in [2.24, 2.45) is 0 Å². The smallest absolute Gasteiger partial charge is 0.0295 e. The number of nitrogens with zero attached hydrogens (tertiary/aromatic N) is 1. The van der Waals surface area contributed by atoms with E-state index in [9.17, 15) is 0 Å². The Morgan fingerprint density at radius 1 is 1.16 bits per heavy atom. The maximum absolute atomic E-state index is 4.08. The lowest BCUT2D eigenvalue weighted by Crippen LogP contribution is -2.61. The van der Waals surface area contributed by atoms with Gasteiger partial charge in [-0.1, -0.05) is 0 Å². The van der Waals surface area contributed by atoms with Crippen LogP contribution in [0.4, 0.5) is 0 Å². The van der Waals surface area contributed by atoms with Gasteiger partial charge in [0.15, 0.2) is 0 Å². The Bertz CT molecular complexity index is 395. The van der Waals surface area contributed by atoms with Gasteiger partial charge in [0.2, 0.25) is 0 Å². The Morgan fingerprint density at radius 2 is 1.68 bits per heavy atom. The van der Waals surface area contributed by atoms with Gasteiger partial charge in [0.05, 0.1) is 0 Å². The van der Waals surface area contributed by atoms with Crippen molar-refractivity contribution >= 4 is 0 Å². The van der Waals surface area contributed by atoms with Gasteiger partial charge >= 0.3 is 0 Å². The summed E-state index contributed by atoms with van der Waals surface area (Å²) < 4.78 is 0. The average molecular weight is 261 g/mol. The van der Waals surface area contributed by atoms with Gasteiger partial charge in [0.25, 0.3) is 0 Å². The van der Waals surface area contributed by atoms with Crippen LogP contribution in [0.3, 0.4) is 0 Å². The fourth-order valence-corrected chi connectivity index (χ4v) is 3.54. The molecule has 19 heavy (non-hydrogen) atoms. The van der Waals surface area contributed by atoms with Gasteiger partial charge in [-0.25, -0.2) is 0 Å². The number of hydrogen-bond donors (Lipinski definition) is 2. The fourth-order valence-electron chi connectivity index (χ4n) is 3.54. The number of pyridine rings is 1. The van der Waals surface area contributed by atoms with E-state index in [2.05, 4.69) is 62.4 Å². The van der Waals surface area contributed by atoms with Crippen LogP contribution in [-0.4, -0.2) is 22.1 Å². The molecule has 1 aliphatic rings. The van der Waals surface area contributed by atoms with Crippen LogP contribution in [0.25, 0.3) is 0 Å². The minimum absolute atomic E-state index is 0.192. The molecule has 1 saturated heterocycles. The van der Waals surface area contributed by atoms with Crippen molar-refractivity contribution in [1.82, 2.24) is 15.6 Å². The molecule has 0 bridgehead atoms. The molecule has 1 aliphatic heterocycles. The van der Waals surface area contributed by atoms with Crippen molar-refractivity contribution in [3.05, 3.63) is 30.1 Å². The third-order valence-electron chi connectivity index (χ3n) is 3.88. The number of hydrogen-bond acceptors (Lipinski definition) is 3. The zero-order chi connectivity index (χ0) is 14.1. The summed E-state index contributed by atoms with van der Waals surface area (Å²) in [6.45, 7) is 11.4. The van der Waals surface area contributed by atoms with Crippen molar-refractivity contribution in [3.8, 4) is 0 Å². The highest BCUT2D eigenvalue weighted by atomic mass is 15.1. The largest absolute Gasteiger partial charge is 0.307 e. The monoisotopic (exact) mass is 261 g/mol. The first-order chi connectivity index (χ1) is 8.77. The first-order valence-electron chi connectivity index (χ1n) is 7.23. The van der Waals surface area contributed by atoms with Crippen molar-refractivity contribution in [2.45, 2.75) is 70.6 Å². The van der Waals surface area contributed by atoms with Crippen molar-refractivity contribution < 1.29 is 0 Å². The summed E-state index contributed by atoms with van der Waals surface area (Å²) in [5.74, 6) is 0. The molecule has 1 unspecified atom stereocenters. The molecular weight excluding hydrogens is 234 g/mol. The third kappa shape index (κ3) is 4.02. The predicted molar refractivity (Wildman–Crippen MR) is 80.1 cm³/mol. The van der Waals surface area contributed by atoms with Crippen LogP contribution in [0.5, 0.6) is 0 Å². The first kappa shape index (κ1) is 14.5. The Kier molecular flexibility index (Phi) is 3.98. The molecule has 2 heterocycles. The van der Waals surface area contributed by atoms with Crippen LogP contribution in [0.1, 0.15) is 59.1 Å². The summed E-state index contributed by atoms with van der Waals surface area (Å²) in [7, 11) is 0. The van der Waals surface area contributed by atoms with Crippen LogP contribution in [0, 0.1) is 0 Å². The summed E-state index contributed by atoms with van der Waals surface area (Å²) in [4.78, 5) is 4.08. The fraction of sp³-hybridized carbons (Fsp3) is 0.688. The average Bonchev–Trinajstić information content (AvgIpc) is 2.25. The summed E-state index contributed by atoms with van der Waals surface area (Å²) in [6, 6.07) is 5.11. The molecule has 3 nitrogen and oxygen atoms in total. The molecule has 1 aromatic heterocycles. The Balaban J connectivity index is 2.03. The molecule has 2 rings (SSSR count). The maximum Gasteiger partial charge on any atom is 0.0295 e. The van der Waals surface area contributed by atoms with Gasteiger partial charge in [0, 0.05) is 35.6 Å². The minimum atomic E-state index is 0.192. The van der Waals surface area contributed by atoms with Crippen molar-refractivity contribution in [3.63, 3.8) is 0 Å². The zero-order valence-corrected chi connectivity index (χ0v) is 12.8. The second-order valence-corrected chi connectivity index (χ2v) is 7.17. The van der Waals surface area contributed by atoms with Gasteiger partial charge in [-0.05, 0) is 65.2 Å². The van der Waals surface area contributed by atoms with E-state index in [1.807, 2.05) is 12.4 Å². The van der Waals surface area contributed by atoms with E-state index >= 15 is 0 Å². The standard InChI is InChI=1S/C16H27N3/c1-12(13-6-8-17-9-7-13)18-14-10-15(2,3)19-16(4,5)11-14/h6-9,12,14,18-19H,10-11H2,1-5H3. The molecular formula is C16H27N3. The highest BCUT2D eigenvalue weighted by Gasteiger charge is 2.37. The highest BCUT2D eigenvalue weighted by Crippen LogP contribution is 2.29. The number of aromatic nitrogens is 1. The number of piperidine rings is 1. The van der Waals surface area contributed by atoms with E-state index in [-0.39, 0.29) is 11.1 Å². The summed E-state index contributed by atoms with van der Waals surface area (Å²) in [5, 5.41) is 7.50. The zero-order valence-electron chi connectivity index (χ0n) is 12.8. The normalized spacial score (nSPS) is 24.1. The van der Waals surface area contributed by atoms with Crippen molar-refractivity contribution in [2.75, 3.05) is 0 Å². The van der Waals surface area contributed by atoms with Gasteiger partial charge in [-0.15, -0.1) is 0 Å². The number of nitrogens with one attached hydrogen (secondary N) is 2. The molecule has 0 aliphatic carbocycles. The van der Waals surface area contributed by atoms with Gasteiger partial charge in [0.1, 0.15) is 0 Å². The minimum Gasteiger partial charge on any atom is -0.307 e. The third-order valence-corrected chi connectivity index (χ3v) is 3.88. The van der Waals surface area contributed by atoms with E-state index < -0.39 is 0 Å². The van der Waals surface area contributed by atoms with E-state index in [1.54, 1.807) is 0 Å². The second-order valence-electron chi connectivity index (χ2n) is 7.17. The maximum atomic E-state index is 4.08. The molecule has 0 amide bonds. The van der Waals surface area contributed by atoms with E-state index in [0.29, 0.717) is 12.1 Å². The molecule has 0 aromatic carbocycles. The molecule has 1 fully saturated rings. The Labute approximate surface area is 117 Å². The predicted octanol–water partition coefficient (Wildman–Crippen LogP) is 3.04. The Morgan fingerprint density at radius 3 is 2.21 bits per heavy atom. The van der Waals surface area contributed by atoms with Crippen LogP contribution in [0.2, 0.25) is 0 Å². The topological polar surface area (TPSA) is 37.0 Å². The van der Waals surface area contributed by atoms with Crippen LogP contribution in [-0.2, 0) is 0 Å². The summed E-state index contributed by atoms with van der Waals surface area (Å²) in [6.07, 6.45) is 6.05. The molecule has 0 spiro atoms. The molecule has 106 valence electrons. The molecule has 1 aromatic rings. The molecule has 3 heteroatoms.